The molecule has 31 heavy (non-hydrogen) atoms. The molecule has 160 valence electrons. The van der Waals surface area contributed by atoms with E-state index in [1.165, 1.54) is 4.57 Å². The van der Waals surface area contributed by atoms with E-state index in [4.69, 9.17) is 0 Å². The van der Waals surface area contributed by atoms with Crippen molar-refractivity contribution in [1.82, 2.24) is 15.0 Å². The second-order valence-electron chi connectivity index (χ2n) is 7.04. The SMILES string of the molecule is CCn1c(NNC(=O)CCC(=O)N2CCSc3ccccc32)nc2ccccc2c1=O. The first-order valence-corrected chi connectivity index (χ1v) is 11.1. The van der Waals surface area contributed by atoms with Gasteiger partial charge in [-0.2, -0.15) is 0 Å². The van der Waals surface area contributed by atoms with Crippen LogP contribution in [-0.2, 0) is 16.1 Å². The molecule has 0 unspecified atom stereocenters. The van der Waals surface area contributed by atoms with Gasteiger partial charge in [0.2, 0.25) is 17.8 Å². The molecule has 2 heterocycles. The van der Waals surface area contributed by atoms with Crippen molar-refractivity contribution in [1.29, 1.82) is 0 Å². The number of rotatable bonds is 6. The number of thioether (sulfide) groups is 1. The molecule has 0 bridgehead atoms. The van der Waals surface area contributed by atoms with Gasteiger partial charge in [0.05, 0.1) is 16.6 Å². The van der Waals surface area contributed by atoms with Gasteiger partial charge in [0, 0.05) is 36.6 Å². The lowest BCUT2D eigenvalue weighted by atomic mass is 10.2. The van der Waals surface area contributed by atoms with Gasteiger partial charge in [-0.3, -0.25) is 29.8 Å². The molecule has 0 fully saturated rings. The fourth-order valence-electron chi connectivity index (χ4n) is 3.53. The van der Waals surface area contributed by atoms with Crippen molar-refractivity contribution >= 4 is 46.1 Å². The molecule has 0 radical (unpaired) electrons. The monoisotopic (exact) mass is 437 g/mol. The number of nitrogens with one attached hydrogen (secondary N) is 2. The standard InChI is InChI=1S/C22H23N5O3S/c1-2-26-21(30)15-7-3-4-8-16(15)23-22(26)25-24-19(28)11-12-20(29)27-13-14-31-18-10-6-5-9-17(18)27/h3-10H,2,11-14H2,1H3,(H,23,25)(H,24,28). The normalized spacial score (nSPS) is 13.0. The van der Waals surface area contributed by atoms with Crippen molar-refractivity contribution in [2.75, 3.05) is 22.6 Å². The van der Waals surface area contributed by atoms with Crippen molar-refractivity contribution < 1.29 is 9.59 Å². The number of hydrogen-bond donors (Lipinski definition) is 2. The third-order valence-corrected chi connectivity index (χ3v) is 6.13. The lowest BCUT2D eigenvalue weighted by Crippen LogP contribution is -2.37. The molecule has 0 aliphatic carbocycles. The predicted molar refractivity (Wildman–Crippen MR) is 122 cm³/mol. The van der Waals surface area contributed by atoms with E-state index in [-0.39, 0.29) is 36.2 Å². The Bertz CT molecular complexity index is 1190. The molecule has 0 saturated carbocycles. The Balaban J connectivity index is 1.38. The molecule has 0 spiro atoms. The van der Waals surface area contributed by atoms with Crippen LogP contribution in [0, 0.1) is 0 Å². The van der Waals surface area contributed by atoms with Gasteiger partial charge in [0.15, 0.2) is 0 Å². The Morgan fingerprint density at radius 3 is 2.71 bits per heavy atom. The summed E-state index contributed by atoms with van der Waals surface area (Å²) in [6.07, 6.45) is 0.125. The Morgan fingerprint density at radius 1 is 1.10 bits per heavy atom. The Labute approximate surface area is 183 Å². The summed E-state index contributed by atoms with van der Waals surface area (Å²) < 4.78 is 1.45. The van der Waals surface area contributed by atoms with Gasteiger partial charge in [-0.1, -0.05) is 24.3 Å². The number of benzene rings is 2. The third-order valence-electron chi connectivity index (χ3n) is 5.09. The van der Waals surface area contributed by atoms with Gasteiger partial charge in [-0.05, 0) is 31.2 Å². The van der Waals surface area contributed by atoms with E-state index in [0.717, 1.165) is 16.3 Å². The minimum atomic E-state index is -0.349. The first-order valence-electron chi connectivity index (χ1n) is 10.1. The van der Waals surface area contributed by atoms with Crippen LogP contribution in [0.5, 0.6) is 0 Å². The summed E-state index contributed by atoms with van der Waals surface area (Å²) in [5, 5.41) is 0.520. The van der Waals surface area contributed by atoms with E-state index in [1.807, 2.05) is 31.2 Å². The average molecular weight is 438 g/mol. The lowest BCUT2D eigenvalue weighted by Gasteiger charge is -2.29. The van der Waals surface area contributed by atoms with Crippen LogP contribution < -0.4 is 21.3 Å². The topological polar surface area (TPSA) is 96.3 Å². The van der Waals surface area contributed by atoms with Gasteiger partial charge < -0.3 is 4.90 Å². The molecule has 1 aliphatic rings. The van der Waals surface area contributed by atoms with Crippen LogP contribution in [0.4, 0.5) is 11.6 Å². The fourth-order valence-corrected chi connectivity index (χ4v) is 4.52. The quantitative estimate of drug-likeness (QED) is 0.576. The summed E-state index contributed by atoms with van der Waals surface area (Å²) in [6.45, 7) is 2.86. The first kappa shape index (κ1) is 20.9. The minimum Gasteiger partial charge on any atom is -0.310 e. The molecule has 0 saturated heterocycles. The molecule has 2 N–H and O–H groups in total. The van der Waals surface area contributed by atoms with E-state index in [0.29, 0.717) is 24.0 Å². The van der Waals surface area contributed by atoms with Gasteiger partial charge in [-0.25, -0.2) is 4.98 Å². The molecule has 8 nitrogen and oxygen atoms in total. The molecular weight excluding hydrogens is 414 g/mol. The second-order valence-corrected chi connectivity index (χ2v) is 8.17. The first-order chi connectivity index (χ1) is 15.1. The molecule has 1 aliphatic heterocycles. The number of hydrogen-bond acceptors (Lipinski definition) is 6. The summed E-state index contributed by atoms with van der Waals surface area (Å²) in [6, 6.07) is 14.9. The number of anilines is 2. The van der Waals surface area contributed by atoms with Crippen LogP contribution in [0.25, 0.3) is 10.9 Å². The molecule has 0 atom stereocenters. The van der Waals surface area contributed by atoms with Gasteiger partial charge in [0.1, 0.15) is 0 Å². The van der Waals surface area contributed by atoms with E-state index in [1.54, 1.807) is 40.9 Å². The average Bonchev–Trinajstić information content (AvgIpc) is 2.81. The Morgan fingerprint density at radius 2 is 1.87 bits per heavy atom. The number of carbonyl (C=O) groups excluding carboxylic acids is 2. The number of carbonyl (C=O) groups is 2. The molecule has 1 aromatic heterocycles. The number of nitrogens with zero attached hydrogens (tertiary/aromatic N) is 3. The van der Waals surface area contributed by atoms with E-state index in [2.05, 4.69) is 15.8 Å². The van der Waals surface area contributed by atoms with Crippen LogP contribution in [0.15, 0.2) is 58.2 Å². The third kappa shape index (κ3) is 4.41. The zero-order chi connectivity index (χ0) is 21.8. The highest BCUT2D eigenvalue weighted by Gasteiger charge is 2.23. The summed E-state index contributed by atoms with van der Waals surface area (Å²) in [7, 11) is 0. The summed E-state index contributed by atoms with van der Waals surface area (Å²) in [4.78, 5) is 44.9. The number of hydrazine groups is 1. The summed E-state index contributed by atoms with van der Waals surface area (Å²) >= 11 is 1.73. The highest BCUT2D eigenvalue weighted by Crippen LogP contribution is 2.34. The number of para-hydroxylation sites is 2. The van der Waals surface area contributed by atoms with Crippen LogP contribution in [0.2, 0.25) is 0 Å². The highest BCUT2D eigenvalue weighted by atomic mass is 32.2. The fraction of sp³-hybridized carbons (Fsp3) is 0.273. The van der Waals surface area contributed by atoms with Gasteiger partial charge >= 0.3 is 0 Å². The highest BCUT2D eigenvalue weighted by molar-refractivity contribution is 7.99. The number of amides is 2. The van der Waals surface area contributed by atoms with Crippen molar-refractivity contribution in [2.45, 2.75) is 31.2 Å². The smallest absolute Gasteiger partial charge is 0.262 e. The van der Waals surface area contributed by atoms with E-state index in [9.17, 15) is 14.4 Å². The Kier molecular flexibility index (Phi) is 6.22. The van der Waals surface area contributed by atoms with Crippen molar-refractivity contribution in [3.05, 3.63) is 58.9 Å². The van der Waals surface area contributed by atoms with Crippen molar-refractivity contribution in [2.24, 2.45) is 0 Å². The molecule has 9 heteroatoms. The zero-order valence-electron chi connectivity index (χ0n) is 17.1. The van der Waals surface area contributed by atoms with Crippen LogP contribution in [0.1, 0.15) is 19.8 Å². The molecular formula is C22H23N5O3S. The maximum absolute atomic E-state index is 12.7. The lowest BCUT2D eigenvalue weighted by molar-refractivity contribution is -0.124. The van der Waals surface area contributed by atoms with Crippen molar-refractivity contribution in [3.8, 4) is 0 Å². The molecule has 2 amide bonds. The predicted octanol–water partition coefficient (Wildman–Crippen LogP) is 2.78. The van der Waals surface area contributed by atoms with E-state index < -0.39 is 0 Å². The van der Waals surface area contributed by atoms with Crippen molar-refractivity contribution in [3.63, 3.8) is 0 Å². The zero-order valence-corrected chi connectivity index (χ0v) is 17.9. The number of fused-ring (bicyclic) bond motifs is 2. The number of aromatic nitrogens is 2. The summed E-state index contributed by atoms with van der Waals surface area (Å²) in [5.41, 5.74) is 6.56. The summed E-state index contributed by atoms with van der Waals surface area (Å²) in [5.74, 6) is 0.654. The van der Waals surface area contributed by atoms with Gasteiger partial charge in [-0.15, -0.1) is 11.8 Å². The Hall–Kier alpha value is -3.33. The van der Waals surface area contributed by atoms with Crippen LogP contribution >= 0.6 is 11.8 Å². The van der Waals surface area contributed by atoms with E-state index >= 15 is 0 Å². The maximum atomic E-state index is 12.7. The second kappa shape index (κ2) is 9.22. The minimum absolute atomic E-state index is 0.0293. The molecule has 3 aromatic rings. The van der Waals surface area contributed by atoms with Gasteiger partial charge in [0.25, 0.3) is 5.56 Å². The largest absolute Gasteiger partial charge is 0.310 e. The van der Waals surface area contributed by atoms with Crippen LogP contribution in [-0.4, -0.2) is 33.7 Å². The molecule has 2 aromatic carbocycles. The maximum Gasteiger partial charge on any atom is 0.262 e. The van der Waals surface area contributed by atoms with Crippen LogP contribution in [0.3, 0.4) is 0 Å². The molecule has 4 rings (SSSR count).